The van der Waals surface area contributed by atoms with Crippen LogP contribution in [0, 0.1) is 0 Å². The van der Waals surface area contributed by atoms with E-state index in [1.165, 1.54) is 32.6 Å². The molecule has 1 heteroatoms. The van der Waals surface area contributed by atoms with Crippen LogP contribution in [0.1, 0.15) is 24.0 Å². The van der Waals surface area contributed by atoms with Gasteiger partial charge < -0.3 is 4.57 Å². The van der Waals surface area contributed by atoms with Gasteiger partial charge in [0.15, 0.2) is 0 Å². The summed E-state index contributed by atoms with van der Waals surface area (Å²) in [5.74, 6) is 0. The Morgan fingerprint density at radius 2 is 1.90 bits per heavy atom. The summed E-state index contributed by atoms with van der Waals surface area (Å²) >= 11 is 0. The van der Waals surface area contributed by atoms with E-state index < -0.39 is 0 Å². The Morgan fingerprint density at radius 3 is 2.85 bits per heavy atom. The van der Waals surface area contributed by atoms with Gasteiger partial charge in [0.2, 0.25) is 0 Å². The molecule has 0 bridgehead atoms. The summed E-state index contributed by atoms with van der Waals surface area (Å²) in [5.41, 5.74) is 4.01. The van der Waals surface area contributed by atoms with E-state index >= 15 is 0 Å². The summed E-state index contributed by atoms with van der Waals surface area (Å²) in [6, 6.07) is 4.51. The van der Waals surface area contributed by atoms with E-state index in [1.54, 1.807) is 0 Å². The quantitative estimate of drug-likeness (QED) is 0.685. The molecule has 0 spiro atoms. The second-order valence-electron chi connectivity index (χ2n) is 5.40. The van der Waals surface area contributed by atoms with Crippen LogP contribution >= 0.6 is 0 Å². The number of allylic oxidation sites excluding steroid dienone is 4. The van der Waals surface area contributed by atoms with Crippen molar-refractivity contribution in [2.45, 2.75) is 12.8 Å². The molecule has 0 aliphatic heterocycles. The monoisotopic (exact) mass is 259 g/mol. The maximum atomic E-state index is 2.34. The summed E-state index contributed by atoms with van der Waals surface area (Å²) in [5, 5.41) is 4.03. The van der Waals surface area contributed by atoms with Crippen molar-refractivity contribution in [2.75, 3.05) is 0 Å². The molecule has 0 saturated carbocycles. The van der Waals surface area contributed by atoms with E-state index in [1.807, 2.05) is 0 Å². The summed E-state index contributed by atoms with van der Waals surface area (Å²) in [4.78, 5) is 0. The van der Waals surface area contributed by atoms with Gasteiger partial charge in [0.25, 0.3) is 0 Å². The Kier molecular flexibility index (Phi) is 2.53. The van der Waals surface area contributed by atoms with Gasteiger partial charge in [0, 0.05) is 28.6 Å². The molecule has 98 valence electrons. The van der Waals surface area contributed by atoms with Crippen LogP contribution in [-0.2, 0) is 7.05 Å². The average molecular weight is 259 g/mol. The number of aryl methyl sites for hydroxylation is 1. The highest BCUT2D eigenvalue weighted by molar-refractivity contribution is 5.94. The van der Waals surface area contributed by atoms with Gasteiger partial charge in [-0.3, -0.25) is 0 Å². The SMILES string of the molecule is Cn1c2c(c3ccc4c(c31)C=CCC=C4)=CC=CCC=2. The molecular weight excluding hydrogens is 242 g/mol. The molecule has 2 aliphatic rings. The number of fused-ring (bicyclic) bond motifs is 5. The lowest BCUT2D eigenvalue weighted by molar-refractivity contribution is 0.921. The van der Waals surface area contributed by atoms with Crippen molar-refractivity contribution in [2.24, 2.45) is 7.05 Å². The lowest BCUT2D eigenvalue weighted by Crippen LogP contribution is -2.26. The van der Waals surface area contributed by atoms with Crippen LogP contribution in [0.4, 0.5) is 0 Å². The first kappa shape index (κ1) is 11.5. The standard InChI is InChI=1S/C19H17N/c1-20-18-11-7-3-6-10-16(18)17-13-12-14-8-4-2-5-9-15(14)19(17)20/h3-6,8-13H,2,7H2,1H3. The zero-order valence-corrected chi connectivity index (χ0v) is 11.6. The minimum atomic E-state index is 1.01. The molecular formula is C19H17N. The lowest BCUT2D eigenvalue weighted by Gasteiger charge is -2.06. The summed E-state index contributed by atoms with van der Waals surface area (Å²) in [6.45, 7) is 0. The number of hydrogen-bond donors (Lipinski definition) is 0. The van der Waals surface area contributed by atoms with Crippen LogP contribution < -0.4 is 10.6 Å². The van der Waals surface area contributed by atoms with Crippen LogP contribution in [0.5, 0.6) is 0 Å². The Hall–Kier alpha value is -2.28. The molecule has 0 radical (unpaired) electrons. The highest BCUT2D eigenvalue weighted by Crippen LogP contribution is 2.24. The fourth-order valence-electron chi connectivity index (χ4n) is 3.27. The highest BCUT2D eigenvalue weighted by Gasteiger charge is 2.11. The van der Waals surface area contributed by atoms with Crippen LogP contribution in [0.3, 0.4) is 0 Å². The van der Waals surface area contributed by atoms with Gasteiger partial charge in [-0.05, 0) is 18.4 Å². The molecule has 0 fully saturated rings. The lowest BCUT2D eigenvalue weighted by atomic mass is 10.0. The molecule has 2 aliphatic carbocycles. The third kappa shape index (κ3) is 1.56. The van der Waals surface area contributed by atoms with Gasteiger partial charge in [0.05, 0.1) is 5.52 Å². The summed E-state index contributed by atoms with van der Waals surface area (Å²) in [7, 11) is 2.18. The second-order valence-corrected chi connectivity index (χ2v) is 5.40. The molecule has 20 heavy (non-hydrogen) atoms. The Morgan fingerprint density at radius 1 is 1.00 bits per heavy atom. The maximum Gasteiger partial charge on any atom is 0.0568 e. The van der Waals surface area contributed by atoms with E-state index in [-0.39, 0.29) is 0 Å². The van der Waals surface area contributed by atoms with E-state index in [4.69, 9.17) is 0 Å². The minimum absolute atomic E-state index is 1.01. The maximum absolute atomic E-state index is 2.34. The molecule has 2 aromatic rings. The van der Waals surface area contributed by atoms with Gasteiger partial charge in [-0.25, -0.2) is 0 Å². The predicted molar refractivity (Wildman–Crippen MR) is 87.5 cm³/mol. The van der Waals surface area contributed by atoms with Crippen LogP contribution in [0.15, 0.2) is 36.4 Å². The minimum Gasteiger partial charge on any atom is -0.343 e. The molecule has 1 nitrogen and oxygen atoms in total. The molecule has 0 saturated heterocycles. The van der Waals surface area contributed by atoms with Gasteiger partial charge >= 0.3 is 0 Å². The zero-order valence-electron chi connectivity index (χ0n) is 11.6. The van der Waals surface area contributed by atoms with Crippen molar-refractivity contribution >= 4 is 35.2 Å². The first-order valence-electron chi connectivity index (χ1n) is 7.18. The normalized spacial score (nSPS) is 16.1. The molecule has 1 aromatic heterocycles. The number of hydrogen-bond acceptors (Lipinski definition) is 0. The third-order valence-corrected chi connectivity index (χ3v) is 4.21. The highest BCUT2D eigenvalue weighted by atomic mass is 14.9. The van der Waals surface area contributed by atoms with Gasteiger partial charge in [-0.1, -0.05) is 60.7 Å². The Balaban J connectivity index is 2.25. The van der Waals surface area contributed by atoms with Crippen molar-refractivity contribution < 1.29 is 0 Å². The first-order chi connectivity index (χ1) is 9.86. The smallest absolute Gasteiger partial charge is 0.0568 e. The number of benzene rings is 1. The second kappa shape index (κ2) is 4.38. The third-order valence-electron chi connectivity index (χ3n) is 4.21. The van der Waals surface area contributed by atoms with E-state index in [0.29, 0.717) is 0 Å². The van der Waals surface area contributed by atoms with Crippen molar-refractivity contribution in [3.05, 3.63) is 58.1 Å². The molecule has 1 aromatic carbocycles. The number of aromatic nitrogens is 1. The summed E-state index contributed by atoms with van der Waals surface area (Å²) < 4.78 is 2.34. The van der Waals surface area contributed by atoms with Crippen molar-refractivity contribution in [1.29, 1.82) is 0 Å². The van der Waals surface area contributed by atoms with E-state index in [2.05, 4.69) is 72.4 Å². The largest absolute Gasteiger partial charge is 0.343 e. The van der Waals surface area contributed by atoms with Gasteiger partial charge in [-0.2, -0.15) is 0 Å². The fourth-order valence-corrected chi connectivity index (χ4v) is 3.27. The van der Waals surface area contributed by atoms with Crippen LogP contribution in [0.2, 0.25) is 0 Å². The van der Waals surface area contributed by atoms with Gasteiger partial charge in [0.1, 0.15) is 0 Å². The molecule has 0 N–H and O–H groups in total. The van der Waals surface area contributed by atoms with Crippen molar-refractivity contribution in [3.8, 4) is 0 Å². The number of rotatable bonds is 0. The summed E-state index contributed by atoms with van der Waals surface area (Å²) in [6.07, 6.45) is 19.9. The Bertz CT molecular complexity index is 902. The van der Waals surface area contributed by atoms with Crippen LogP contribution in [0.25, 0.3) is 35.2 Å². The molecule has 0 unspecified atom stereocenters. The topological polar surface area (TPSA) is 4.93 Å². The molecule has 4 rings (SSSR count). The van der Waals surface area contributed by atoms with Crippen LogP contribution in [-0.4, -0.2) is 4.57 Å². The van der Waals surface area contributed by atoms with E-state index in [9.17, 15) is 0 Å². The molecule has 0 amide bonds. The Labute approximate surface area is 118 Å². The first-order valence-corrected chi connectivity index (χ1v) is 7.18. The number of nitrogens with zero attached hydrogens (tertiary/aromatic N) is 1. The molecule has 0 atom stereocenters. The predicted octanol–water partition coefficient (Wildman–Crippen LogP) is 3.13. The zero-order chi connectivity index (χ0) is 13.5. The molecule has 1 heterocycles. The van der Waals surface area contributed by atoms with Gasteiger partial charge in [-0.15, -0.1) is 0 Å². The van der Waals surface area contributed by atoms with E-state index in [0.717, 1.165) is 12.8 Å². The average Bonchev–Trinajstić information content (AvgIpc) is 2.74. The van der Waals surface area contributed by atoms with Crippen molar-refractivity contribution in [1.82, 2.24) is 4.57 Å². The fraction of sp³-hybridized carbons (Fsp3) is 0.158. The van der Waals surface area contributed by atoms with Crippen molar-refractivity contribution in [3.63, 3.8) is 0 Å².